The minimum atomic E-state index is -0.332. The molecule has 0 saturated heterocycles. The second-order valence-corrected chi connectivity index (χ2v) is 7.80. The number of benzene rings is 1. The Balaban J connectivity index is 1.92. The SMILES string of the molecule is CCC(C)NC(=O)Cn1c2cc(OC)c(OC)cc2c2ncn(Cc3nc(C)no3)c(=O)c21. The van der Waals surface area contributed by atoms with Crippen LogP contribution in [-0.2, 0) is 17.9 Å². The van der Waals surface area contributed by atoms with Crippen molar-refractivity contribution in [3.8, 4) is 11.5 Å². The highest BCUT2D eigenvalue weighted by molar-refractivity contribution is 6.07. The van der Waals surface area contributed by atoms with Gasteiger partial charge in [0.25, 0.3) is 5.56 Å². The smallest absolute Gasteiger partial charge is 0.278 e. The fourth-order valence-corrected chi connectivity index (χ4v) is 3.71. The summed E-state index contributed by atoms with van der Waals surface area (Å²) in [5.41, 5.74) is 1.06. The molecule has 0 spiro atoms. The molecule has 0 radical (unpaired) electrons. The molecule has 1 aromatic carbocycles. The molecule has 0 aliphatic heterocycles. The molecule has 11 nitrogen and oxygen atoms in total. The van der Waals surface area contributed by atoms with Gasteiger partial charge in [-0.05, 0) is 26.3 Å². The minimum Gasteiger partial charge on any atom is -0.493 e. The first-order valence-electron chi connectivity index (χ1n) is 10.6. The molecular formula is C22H26N6O5. The molecule has 4 rings (SSSR count). The van der Waals surface area contributed by atoms with Gasteiger partial charge in [-0.15, -0.1) is 0 Å². The Bertz CT molecular complexity index is 1390. The fourth-order valence-electron chi connectivity index (χ4n) is 3.71. The number of nitrogens with zero attached hydrogens (tertiary/aromatic N) is 5. The summed E-state index contributed by atoms with van der Waals surface area (Å²) in [6, 6.07) is 3.52. The van der Waals surface area contributed by atoms with Crippen molar-refractivity contribution in [3.63, 3.8) is 0 Å². The van der Waals surface area contributed by atoms with Crippen molar-refractivity contribution in [3.05, 3.63) is 40.5 Å². The van der Waals surface area contributed by atoms with E-state index in [0.29, 0.717) is 39.3 Å². The topological polar surface area (TPSA) is 126 Å². The number of aryl methyl sites for hydroxylation is 1. The van der Waals surface area contributed by atoms with E-state index in [1.807, 2.05) is 13.8 Å². The van der Waals surface area contributed by atoms with Crippen molar-refractivity contribution < 1.29 is 18.8 Å². The quantitative estimate of drug-likeness (QED) is 0.429. The lowest BCUT2D eigenvalue weighted by Crippen LogP contribution is -2.35. The highest BCUT2D eigenvalue weighted by Crippen LogP contribution is 2.36. The van der Waals surface area contributed by atoms with Crippen LogP contribution in [0.2, 0.25) is 0 Å². The first-order chi connectivity index (χ1) is 15.9. The van der Waals surface area contributed by atoms with E-state index < -0.39 is 0 Å². The average molecular weight is 454 g/mol. The second-order valence-electron chi connectivity index (χ2n) is 7.80. The van der Waals surface area contributed by atoms with Crippen LogP contribution >= 0.6 is 0 Å². The number of ether oxygens (including phenoxy) is 2. The molecule has 1 N–H and O–H groups in total. The molecule has 0 aliphatic carbocycles. The largest absolute Gasteiger partial charge is 0.493 e. The molecule has 0 bridgehead atoms. The molecule has 0 saturated carbocycles. The number of nitrogens with one attached hydrogen (secondary N) is 1. The summed E-state index contributed by atoms with van der Waals surface area (Å²) < 4.78 is 19.1. The predicted octanol–water partition coefficient (Wildman–Crippen LogP) is 2.02. The van der Waals surface area contributed by atoms with Crippen LogP contribution in [0.3, 0.4) is 0 Å². The molecule has 3 heterocycles. The maximum absolute atomic E-state index is 13.5. The Hall–Kier alpha value is -3.89. The number of aromatic nitrogens is 5. The summed E-state index contributed by atoms with van der Waals surface area (Å²) in [6.07, 6.45) is 2.23. The number of hydrogen-bond donors (Lipinski definition) is 1. The van der Waals surface area contributed by atoms with E-state index in [4.69, 9.17) is 14.0 Å². The zero-order valence-corrected chi connectivity index (χ0v) is 19.2. The predicted molar refractivity (Wildman–Crippen MR) is 121 cm³/mol. The summed E-state index contributed by atoms with van der Waals surface area (Å²) in [5.74, 6) is 1.54. The van der Waals surface area contributed by atoms with Gasteiger partial charge >= 0.3 is 0 Å². The number of hydrogen-bond acceptors (Lipinski definition) is 8. The number of carbonyl (C=O) groups excluding carboxylic acids is 1. The minimum absolute atomic E-state index is 0.00997. The average Bonchev–Trinajstić information content (AvgIpc) is 3.35. The van der Waals surface area contributed by atoms with Gasteiger partial charge in [-0.3, -0.25) is 14.2 Å². The van der Waals surface area contributed by atoms with E-state index >= 15 is 0 Å². The summed E-state index contributed by atoms with van der Waals surface area (Å²) in [6.45, 7) is 5.63. The Kier molecular flexibility index (Phi) is 6.03. The van der Waals surface area contributed by atoms with Crippen LogP contribution in [0.4, 0.5) is 0 Å². The lowest BCUT2D eigenvalue weighted by molar-refractivity contribution is -0.122. The van der Waals surface area contributed by atoms with Crippen molar-refractivity contribution in [1.29, 1.82) is 0 Å². The van der Waals surface area contributed by atoms with E-state index in [1.54, 1.807) is 23.6 Å². The van der Waals surface area contributed by atoms with Crippen molar-refractivity contribution in [1.82, 2.24) is 29.6 Å². The highest BCUT2D eigenvalue weighted by atomic mass is 16.5. The second kappa shape index (κ2) is 8.93. The number of carbonyl (C=O) groups is 1. The van der Waals surface area contributed by atoms with Crippen molar-refractivity contribution in [2.24, 2.45) is 0 Å². The van der Waals surface area contributed by atoms with E-state index in [2.05, 4.69) is 20.4 Å². The standard InChI is InChI=1S/C22H26N6O5/c1-6-12(2)24-18(29)9-28-15-8-17(32-5)16(31-4)7-14(15)20-21(28)22(30)27(11-23-20)10-19-25-13(3)26-33-19/h7-8,11-12H,6,9-10H2,1-5H3,(H,24,29). The third-order valence-electron chi connectivity index (χ3n) is 5.53. The molecule has 1 atom stereocenters. The van der Waals surface area contributed by atoms with Crippen molar-refractivity contribution in [2.45, 2.75) is 46.3 Å². The van der Waals surface area contributed by atoms with E-state index in [-0.39, 0.29) is 36.5 Å². The van der Waals surface area contributed by atoms with Gasteiger partial charge in [0.05, 0.1) is 26.1 Å². The first kappa shape index (κ1) is 22.3. The third kappa shape index (κ3) is 4.13. The number of amides is 1. The van der Waals surface area contributed by atoms with Gasteiger partial charge in [-0.2, -0.15) is 4.98 Å². The molecule has 0 aliphatic rings. The van der Waals surface area contributed by atoms with Gasteiger partial charge in [-0.25, -0.2) is 4.98 Å². The van der Waals surface area contributed by atoms with Crippen LogP contribution in [0.1, 0.15) is 32.0 Å². The molecule has 1 unspecified atom stereocenters. The normalized spacial score (nSPS) is 12.3. The maximum atomic E-state index is 13.5. The van der Waals surface area contributed by atoms with Crippen molar-refractivity contribution in [2.75, 3.05) is 14.2 Å². The Labute approximate surface area is 189 Å². The number of methoxy groups -OCH3 is 2. The molecule has 11 heteroatoms. The van der Waals surface area contributed by atoms with Gasteiger partial charge in [0.15, 0.2) is 17.3 Å². The first-order valence-corrected chi connectivity index (χ1v) is 10.6. The lowest BCUT2D eigenvalue weighted by atomic mass is 10.2. The van der Waals surface area contributed by atoms with E-state index in [1.165, 1.54) is 25.1 Å². The Morgan fingerprint density at radius 2 is 1.97 bits per heavy atom. The molecule has 3 aromatic heterocycles. The Morgan fingerprint density at radius 3 is 2.61 bits per heavy atom. The van der Waals surface area contributed by atoms with Crippen LogP contribution < -0.4 is 20.3 Å². The van der Waals surface area contributed by atoms with Crippen LogP contribution in [0.15, 0.2) is 27.8 Å². The summed E-state index contributed by atoms with van der Waals surface area (Å²) in [5, 5.41) is 7.39. The summed E-state index contributed by atoms with van der Waals surface area (Å²) in [4.78, 5) is 35.0. The monoisotopic (exact) mass is 454 g/mol. The molecule has 1 amide bonds. The molecule has 4 aromatic rings. The maximum Gasteiger partial charge on any atom is 0.278 e. The highest BCUT2D eigenvalue weighted by Gasteiger charge is 2.22. The summed E-state index contributed by atoms with van der Waals surface area (Å²) in [7, 11) is 3.07. The van der Waals surface area contributed by atoms with E-state index in [9.17, 15) is 9.59 Å². The van der Waals surface area contributed by atoms with Crippen LogP contribution in [0.5, 0.6) is 11.5 Å². The van der Waals surface area contributed by atoms with Gasteiger partial charge < -0.3 is 23.9 Å². The Morgan fingerprint density at radius 1 is 1.24 bits per heavy atom. The zero-order chi connectivity index (χ0) is 23.7. The van der Waals surface area contributed by atoms with Gasteiger partial charge in [0.2, 0.25) is 11.8 Å². The number of fused-ring (bicyclic) bond motifs is 3. The molecular weight excluding hydrogens is 428 g/mol. The van der Waals surface area contributed by atoms with Crippen LogP contribution in [0.25, 0.3) is 21.9 Å². The third-order valence-corrected chi connectivity index (χ3v) is 5.53. The molecule has 174 valence electrons. The van der Waals surface area contributed by atoms with Gasteiger partial charge in [0, 0.05) is 17.5 Å². The van der Waals surface area contributed by atoms with Crippen LogP contribution in [0, 0.1) is 6.92 Å². The molecule has 0 fully saturated rings. The van der Waals surface area contributed by atoms with Gasteiger partial charge in [0.1, 0.15) is 24.1 Å². The zero-order valence-electron chi connectivity index (χ0n) is 19.2. The number of rotatable bonds is 8. The van der Waals surface area contributed by atoms with Crippen molar-refractivity contribution >= 4 is 27.8 Å². The van der Waals surface area contributed by atoms with E-state index in [0.717, 1.165) is 6.42 Å². The summed E-state index contributed by atoms with van der Waals surface area (Å²) >= 11 is 0. The fraction of sp³-hybridized carbons (Fsp3) is 0.409. The molecule has 33 heavy (non-hydrogen) atoms. The lowest BCUT2D eigenvalue weighted by Gasteiger charge is -2.13. The van der Waals surface area contributed by atoms with Gasteiger partial charge in [-0.1, -0.05) is 12.1 Å². The van der Waals surface area contributed by atoms with Crippen LogP contribution in [-0.4, -0.2) is 50.4 Å².